The van der Waals surface area contributed by atoms with Crippen LogP contribution in [0.25, 0.3) is 0 Å². The Balaban J connectivity index is 5.18. The van der Waals surface area contributed by atoms with Crippen LogP contribution in [-0.2, 0) is 65.4 Å². The van der Waals surface area contributed by atoms with Crippen molar-refractivity contribution in [3.8, 4) is 0 Å². The quantitative estimate of drug-likeness (QED) is 0.0222. The van der Waals surface area contributed by atoms with Crippen molar-refractivity contribution in [3.63, 3.8) is 0 Å². The normalized spacial score (nSPS) is 14.4. The van der Waals surface area contributed by atoms with E-state index in [9.17, 15) is 43.2 Å². The van der Waals surface area contributed by atoms with Crippen molar-refractivity contribution in [2.75, 3.05) is 39.6 Å². The van der Waals surface area contributed by atoms with Gasteiger partial charge in [0.25, 0.3) is 0 Å². The highest BCUT2D eigenvalue weighted by atomic mass is 31.2. The number of hydrogen-bond acceptors (Lipinski definition) is 15. The Morgan fingerprint density at radius 3 is 0.732 bits per heavy atom. The molecular weight excluding hydrogens is 1270 g/mol. The minimum absolute atomic E-state index is 0.105. The Morgan fingerprint density at radius 1 is 0.289 bits per heavy atom. The van der Waals surface area contributed by atoms with Crippen LogP contribution in [0, 0.1) is 23.7 Å². The fraction of sp³-hybridized carbons (Fsp3) is 0.949. The summed E-state index contributed by atoms with van der Waals surface area (Å²) in [5, 5.41) is 10.6. The molecule has 0 radical (unpaired) electrons. The van der Waals surface area contributed by atoms with Gasteiger partial charge in [-0.2, -0.15) is 0 Å². The second-order valence-corrected chi connectivity index (χ2v) is 32.7. The van der Waals surface area contributed by atoms with E-state index in [4.69, 9.17) is 37.0 Å². The molecule has 6 atom stereocenters. The van der Waals surface area contributed by atoms with Crippen LogP contribution in [0.3, 0.4) is 0 Å². The van der Waals surface area contributed by atoms with E-state index in [-0.39, 0.29) is 25.7 Å². The molecule has 0 spiro atoms. The molecule has 576 valence electrons. The number of aliphatic hydroxyl groups excluding tert-OH is 1. The molecule has 19 heteroatoms. The van der Waals surface area contributed by atoms with Gasteiger partial charge in [-0.15, -0.1) is 0 Å². The monoisotopic (exact) mass is 1420 g/mol. The summed E-state index contributed by atoms with van der Waals surface area (Å²) in [7, 11) is -9.91. The number of carbonyl (C=O) groups is 4. The number of phosphoric ester groups is 2. The second kappa shape index (κ2) is 67.2. The van der Waals surface area contributed by atoms with E-state index in [2.05, 4.69) is 55.4 Å². The highest BCUT2D eigenvalue weighted by molar-refractivity contribution is 7.47. The third-order valence-corrected chi connectivity index (χ3v) is 20.3. The first kappa shape index (κ1) is 95.1. The lowest BCUT2D eigenvalue weighted by molar-refractivity contribution is -0.161. The Morgan fingerprint density at radius 2 is 0.495 bits per heavy atom. The summed E-state index contributed by atoms with van der Waals surface area (Å²) in [5.41, 5.74) is 0. The van der Waals surface area contributed by atoms with E-state index < -0.39 is 97.5 Å². The summed E-state index contributed by atoms with van der Waals surface area (Å²) in [5.74, 6) is 0.942. The van der Waals surface area contributed by atoms with Gasteiger partial charge in [-0.1, -0.05) is 344 Å². The molecule has 0 aliphatic carbocycles. The molecule has 0 fully saturated rings. The van der Waals surface area contributed by atoms with Gasteiger partial charge < -0.3 is 33.8 Å². The number of esters is 4. The number of phosphoric acid groups is 2. The largest absolute Gasteiger partial charge is 0.472 e. The van der Waals surface area contributed by atoms with E-state index in [1.807, 2.05) is 0 Å². The number of aliphatic hydroxyl groups is 1. The maximum Gasteiger partial charge on any atom is 0.472 e. The van der Waals surface area contributed by atoms with E-state index in [0.717, 1.165) is 114 Å². The summed E-state index contributed by atoms with van der Waals surface area (Å²) in [6.07, 6.45) is 52.9. The van der Waals surface area contributed by atoms with Crippen molar-refractivity contribution < 1.29 is 80.2 Å². The van der Waals surface area contributed by atoms with Crippen molar-refractivity contribution in [2.24, 2.45) is 23.7 Å². The molecule has 0 saturated carbocycles. The summed E-state index contributed by atoms with van der Waals surface area (Å²) in [4.78, 5) is 72.8. The molecule has 0 amide bonds. The minimum atomic E-state index is -4.96. The third kappa shape index (κ3) is 70.9. The van der Waals surface area contributed by atoms with E-state index in [0.29, 0.717) is 31.6 Å². The maximum absolute atomic E-state index is 13.1. The zero-order valence-corrected chi connectivity index (χ0v) is 65.5. The van der Waals surface area contributed by atoms with Crippen LogP contribution in [0.2, 0.25) is 0 Å². The highest BCUT2D eigenvalue weighted by Gasteiger charge is 2.30. The van der Waals surface area contributed by atoms with Crippen molar-refractivity contribution >= 4 is 39.5 Å². The number of ether oxygens (including phenoxy) is 4. The Kier molecular flexibility index (Phi) is 65.9. The molecule has 97 heavy (non-hydrogen) atoms. The Bertz CT molecular complexity index is 1900. The van der Waals surface area contributed by atoms with Crippen molar-refractivity contribution in [2.45, 2.75) is 414 Å². The van der Waals surface area contributed by atoms with Crippen molar-refractivity contribution in [3.05, 3.63) is 0 Å². The van der Waals surface area contributed by atoms with Crippen LogP contribution in [0.5, 0.6) is 0 Å². The fourth-order valence-electron chi connectivity index (χ4n) is 11.9. The molecule has 17 nitrogen and oxygen atoms in total. The lowest BCUT2D eigenvalue weighted by atomic mass is 9.99. The van der Waals surface area contributed by atoms with Crippen LogP contribution < -0.4 is 0 Å². The predicted molar refractivity (Wildman–Crippen MR) is 395 cm³/mol. The predicted octanol–water partition coefficient (Wildman–Crippen LogP) is 22.8. The van der Waals surface area contributed by atoms with Crippen LogP contribution >= 0.6 is 15.6 Å². The average Bonchev–Trinajstić information content (AvgIpc) is 3.30. The molecule has 0 aliphatic heterocycles. The van der Waals surface area contributed by atoms with Gasteiger partial charge in [-0.3, -0.25) is 37.3 Å². The van der Waals surface area contributed by atoms with Gasteiger partial charge in [-0.05, 0) is 49.4 Å². The van der Waals surface area contributed by atoms with Crippen molar-refractivity contribution in [1.29, 1.82) is 0 Å². The maximum atomic E-state index is 13.1. The number of carbonyl (C=O) groups excluding carboxylic acids is 4. The standard InChI is InChI=1S/C78H152O17P2/c1-9-71(8)57-49-41-33-27-28-36-45-53-61-78(83)95-73(64-88-75(80)58-50-42-34-25-21-17-15-13-11-10-12-14-16-19-23-30-38-46-54-68(2)3)66-92-96(84,85)90-62-72(79)63-91-97(86,87)93-67-74(65-89-76(81)59-51-43-37-29-32-40-48-56-70(6)7)94-77(82)60-52-44-35-26-22-18-20-24-31-39-47-55-69(4)5/h68-74,79H,9-67H2,1-8H3,(H,84,85)(H,86,87)/t71?,72?,73-,74-/m1/s1. The van der Waals surface area contributed by atoms with E-state index in [1.54, 1.807) is 0 Å². The number of rotatable bonds is 75. The molecular formula is C78H152O17P2. The second-order valence-electron chi connectivity index (χ2n) is 29.8. The molecule has 0 heterocycles. The molecule has 0 saturated heterocycles. The lowest BCUT2D eigenvalue weighted by Gasteiger charge is -2.21. The molecule has 0 rings (SSSR count). The SMILES string of the molecule is CCC(C)CCCCCCCCCCC(=O)O[C@H](COC(=O)CCCCCCCCCCCCCCCCCCCCC(C)C)COP(=O)(O)OCC(O)COP(=O)(O)OC[C@@H](COC(=O)CCCCCCCCCC(C)C)OC(=O)CCCCCCCCCCCCCC(C)C. The fourth-order valence-corrected chi connectivity index (χ4v) is 13.5. The van der Waals surface area contributed by atoms with E-state index >= 15 is 0 Å². The van der Waals surface area contributed by atoms with Gasteiger partial charge in [0.15, 0.2) is 12.2 Å². The smallest absolute Gasteiger partial charge is 0.462 e. The molecule has 4 unspecified atom stereocenters. The van der Waals surface area contributed by atoms with Crippen LogP contribution in [0.4, 0.5) is 0 Å². The molecule has 0 aromatic heterocycles. The molecule has 0 aromatic carbocycles. The summed E-state index contributed by atoms with van der Waals surface area (Å²) >= 11 is 0. The Hall–Kier alpha value is -1.94. The molecule has 3 N–H and O–H groups in total. The molecule has 0 aromatic rings. The van der Waals surface area contributed by atoms with Gasteiger partial charge >= 0.3 is 39.5 Å². The number of unbranched alkanes of at least 4 members (excludes halogenated alkanes) is 40. The minimum Gasteiger partial charge on any atom is -0.462 e. The highest BCUT2D eigenvalue weighted by Crippen LogP contribution is 2.45. The van der Waals surface area contributed by atoms with Crippen LogP contribution in [0.1, 0.15) is 396 Å². The van der Waals surface area contributed by atoms with Crippen LogP contribution in [-0.4, -0.2) is 96.7 Å². The first-order chi connectivity index (χ1) is 46.6. The molecule has 0 aliphatic rings. The first-order valence-electron chi connectivity index (χ1n) is 40.2. The zero-order valence-electron chi connectivity index (χ0n) is 63.7. The summed E-state index contributed by atoms with van der Waals surface area (Å²) in [6, 6.07) is 0. The van der Waals surface area contributed by atoms with Gasteiger partial charge in [0.1, 0.15) is 19.3 Å². The van der Waals surface area contributed by atoms with E-state index in [1.165, 1.54) is 193 Å². The Labute approximate surface area is 594 Å². The first-order valence-corrected chi connectivity index (χ1v) is 43.2. The van der Waals surface area contributed by atoms with Gasteiger partial charge in [-0.25, -0.2) is 9.13 Å². The van der Waals surface area contributed by atoms with Gasteiger partial charge in [0, 0.05) is 25.7 Å². The average molecular weight is 1420 g/mol. The third-order valence-electron chi connectivity index (χ3n) is 18.4. The number of hydrogen-bond donors (Lipinski definition) is 3. The lowest BCUT2D eigenvalue weighted by Crippen LogP contribution is -2.30. The zero-order chi connectivity index (χ0) is 71.7. The molecule has 0 bridgehead atoms. The van der Waals surface area contributed by atoms with Crippen molar-refractivity contribution in [1.82, 2.24) is 0 Å². The van der Waals surface area contributed by atoms with Gasteiger partial charge in [0.05, 0.1) is 26.4 Å². The topological polar surface area (TPSA) is 237 Å². The van der Waals surface area contributed by atoms with Crippen LogP contribution in [0.15, 0.2) is 0 Å². The summed E-state index contributed by atoms with van der Waals surface area (Å²) in [6.45, 7) is 14.2. The summed E-state index contributed by atoms with van der Waals surface area (Å²) < 4.78 is 68.6. The van der Waals surface area contributed by atoms with Gasteiger partial charge in [0.2, 0.25) is 0 Å².